The standard InChI is InChI=1S/C42H49F17O3/c1-22(2)7-6-8-23(3)29-15-16-30-28-14-11-25-21-27(17-19-33(25,4)31(28)18-20-34(29,30)5)62-32(60)61-26-12-9-24(10-13-26)35(43,44)36(45,46)37(47,48)38(49,50)39(51,52)40(53,54)41(55,56)42(57,58)59/h9-13,22-23,27-31H,6-8,14-21H2,1-5H3/t23-,27+,28+,29-,30+,31+,33+,34-/m1/s1. The molecule has 4 aliphatic rings. The van der Waals surface area contributed by atoms with Crippen LogP contribution in [0, 0.1) is 46.3 Å². The van der Waals surface area contributed by atoms with Crippen molar-refractivity contribution < 1.29 is 88.9 Å². The number of rotatable bonds is 14. The molecular formula is C42H49F17O3. The van der Waals surface area contributed by atoms with Gasteiger partial charge in [-0.25, -0.2) is 4.79 Å². The molecule has 0 unspecified atom stereocenters. The minimum absolute atomic E-state index is 0.163. The van der Waals surface area contributed by atoms with Crippen LogP contribution in [0.2, 0.25) is 0 Å². The number of halogens is 17. The second-order valence-corrected chi connectivity index (χ2v) is 18.7. The number of fused-ring (bicyclic) bond motifs is 5. The maximum atomic E-state index is 14.8. The Hall–Kier alpha value is -2.96. The average molecular weight is 925 g/mol. The van der Waals surface area contributed by atoms with E-state index in [0.29, 0.717) is 54.8 Å². The van der Waals surface area contributed by atoms with Gasteiger partial charge in [0.2, 0.25) is 0 Å². The number of hydrogen-bond donors (Lipinski definition) is 0. The zero-order valence-corrected chi connectivity index (χ0v) is 34.4. The van der Waals surface area contributed by atoms with Gasteiger partial charge in [-0.1, -0.05) is 65.5 Å². The van der Waals surface area contributed by atoms with Gasteiger partial charge in [0.1, 0.15) is 11.9 Å². The lowest BCUT2D eigenvalue weighted by atomic mass is 9.47. The fourth-order valence-corrected chi connectivity index (χ4v) is 11.1. The highest BCUT2D eigenvalue weighted by molar-refractivity contribution is 5.64. The molecule has 3 nitrogen and oxygen atoms in total. The molecule has 62 heavy (non-hydrogen) atoms. The van der Waals surface area contributed by atoms with Crippen molar-refractivity contribution in [1.82, 2.24) is 0 Å². The molecule has 0 spiro atoms. The Labute approximate surface area is 347 Å². The van der Waals surface area contributed by atoms with Crippen molar-refractivity contribution >= 4 is 6.16 Å². The monoisotopic (exact) mass is 924 g/mol. The summed E-state index contributed by atoms with van der Waals surface area (Å²) in [5.74, 6) is -54.6. The molecule has 20 heteroatoms. The van der Waals surface area contributed by atoms with Crippen molar-refractivity contribution in [3.8, 4) is 5.75 Å². The number of carbonyl (C=O) groups excluding carboxylic acids is 1. The van der Waals surface area contributed by atoms with Gasteiger partial charge < -0.3 is 9.47 Å². The molecule has 5 rings (SSSR count). The van der Waals surface area contributed by atoms with Crippen molar-refractivity contribution in [2.75, 3.05) is 0 Å². The number of benzene rings is 1. The molecular weight excluding hydrogens is 875 g/mol. The number of hydrogen-bond acceptors (Lipinski definition) is 3. The summed E-state index contributed by atoms with van der Waals surface area (Å²) in [6, 6.07) is 0.00384. The Kier molecular flexibility index (Phi) is 13.1. The van der Waals surface area contributed by atoms with E-state index < -0.39 is 71.2 Å². The lowest BCUT2D eigenvalue weighted by Crippen LogP contribution is -2.74. The molecule has 3 fully saturated rings. The molecule has 0 bridgehead atoms. The molecule has 0 N–H and O–H groups in total. The number of carbonyl (C=O) groups is 1. The third kappa shape index (κ3) is 7.75. The summed E-state index contributed by atoms with van der Waals surface area (Å²) in [4.78, 5) is 12.7. The first-order chi connectivity index (χ1) is 28.1. The van der Waals surface area contributed by atoms with Gasteiger partial charge in [-0.2, -0.15) is 74.6 Å². The van der Waals surface area contributed by atoms with Gasteiger partial charge >= 0.3 is 53.8 Å². The highest BCUT2D eigenvalue weighted by atomic mass is 19.4. The molecule has 8 atom stereocenters. The van der Waals surface area contributed by atoms with Gasteiger partial charge in [0, 0.05) is 12.0 Å². The highest BCUT2D eigenvalue weighted by Crippen LogP contribution is 2.68. The molecule has 354 valence electrons. The van der Waals surface area contributed by atoms with Gasteiger partial charge in [0.05, 0.1) is 0 Å². The van der Waals surface area contributed by atoms with Crippen molar-refractivity contribution in [3.05, 3.63) is 41.5 Å². The summed E-state index contributed by atoms with van der Waals surface area (Å²) in [5.41, 5.74) is -1.21. The summed E-state index contributed by atoms with van der Waals surface area (Å²) >= 11 is 0. The molecule has 0 saturated heterocycles. The van der Waals surface area contributed by atoms with Crippen LogP contribution in [0.1, 0.15) is 111 Å². The van der Waals surface area contributed by atoms with E-state index in [1.54, 1.807) is 0 Å². The SMILES string of the molecule is CC(C)CCC[C@@H](C)[C@H]1CC[C@H]2[C@@H]3CC=C4C[C@@H](OC(=O)Oc5ccc(C(F)(F)C(F)(F)C(F)(F)C(F)(F)C(F)(F)C(F)(F)C(F)(F)C(F)(F)F)cc5)CC[C@]4(C)[C@H]3CC[C@]12C. The topological polar surface area (TPSA) is 35.5 Å². The lowest BCUT2D eigenvalue weighted by molar-refractivity contribution is -0.462. The highest BCUT2D eigenvalue weighted by Gasteiger charge is 2.95. The van der Waals surface area contributed by atoms with Crippen LogP contribution in [-0.4, -0.2) is 54.0 Å². The zero-order valence-electron chi connectivity index (χ0n) is 34.4. The van der Waals surface area contributed by atoms with Crippen LogP contribution >= 0.6 is 0 Å². The molecule has 0 amide bonds. The van der Waals surface area contributed by atoms with Crippen LogP contribution in [0.15, 0.2) is 35.9 Å². The van der Waals surface area contributed by atoms with E-state index in [9.17, 15) is 79.4 Å². The van der Waals surface area contributed by atoms with Gasteiger partial charge in [-0.05, 0) is 116 Å². The predicted molar refractivity (Wildman–Crippen MR) is 190 cm³/mol. The Morgan fingerprint density at radius 2 is 1.23 bits per heavy atom. The van der Waals surface area contributed by atoms with Crippen molar-refractivity contribution in [3.63, 3.8) is 0 Å². The van der Waals surface area contributed by atoms with Crippen molar-refractivity contribution in [1.29, 1.82) is 0 Å². The van der Waals surface area contributed by atoms with E-state index in [4.69, 9.17) is 9.47 Å². The van der Waals surface area contributed by atoms with E-state index in [0.717, 1.165) is 24.8 Å². The molecule has 0 radical (unpaired) electrons. The minimum Gasteiger partial charge on any atom is -0.430 e. The summed E-state index contributed by atoms with van der Waals surface area (Å²) in [7, 11) is 0. The number of alkyl halides is 17. The number of ether oxygens (including phenoxy) is 2. The lowest BCUT2D eigenvalue weighted by Gasteiger charge is -2.58. The molecule has 1 aromatic carbocycles. The fourth-order valence-electron chi connectivity index (χ4n) is 11.1. The fraction of sp³-hybridized carbons (Fsp3) is 0.786. The predicted octanol–water partition coefficient (Wildman–Crippen LogP) is 15.1. The van der Waals surface area contributed by atoms with E-state index >= 15 is 0 Å². The maximum Gasteiger partial charge on any atom is 0.514 e. The zero-order chi connectivity index (χ0) is 47.1. The van der Waals surface area contributed by atoms with Crippen LogP contribution in [0.3, 0.4) is 0 Å². The minimum atomic E-state index is -8.71. The summed E-state index contributed by atoms with van der Waals surface area (Å²) in [5, 5.41) is 0. The third-order valence-corrected chi connectivity index (χ3v) is 14.7. The normalized spacial score (nSPS) is 29.7. The van der Waals surface area contributed by atoms with E-state index in [-0.39, 0.29) is 35.1 Å². The van der Waals surface area contributed by atoms with E-state index in [2.05, 4.69) is 40.7 Å². The summed E-state index contributed by atoms with van der Waals surface area (Å²) < 4.78 is 244. The number of allylic oxidation sites excluding steroid dienone is 1. The van der Waals surface area contributed by atoms with Crippen molar-refractivity contribution in [2.24, 2.45) is 46.3 Å². The largest absolute Gasteiger partial charge is 0.514 e. The molecule has 0 aromatic heterocycles. The summed E-state index contributed by atoms with van der Waals surface area (Å²) in [6.07, 6.45) is 2.71. The van der Waals surface area contributed by atoms with Gasteiger partial charge in [-0.15, -0.1) is 0 Å². The summed E-state index contributed by atoms with van der Waals surface area (Å²) in [6.45, 7) is 11.5. The quantitative estimate of drug-likeness (QED) is 0.0807. The maximum absolute atomic E-state index is 14.8. The van der Waals surface area contributed by atoms with Crippen LogP contribution in [-0.2, 0) is 10.7 Å². The van der Waals surface area contributed by atoms with Gasteiger partial charge in [0.25, 0.3) is 0 Å². The molecule has 1 aromatic rings. The molecule has 0 aliphatic heterocycles. The molecule has 4 aliphatic carbocycles. The first-order valence-electron chi connectivity index (χ1n) is 20.5. The first kappa shape index (κ1) is 50.0. The Morgan fingerprint density at radius 1 is 0.677 bits per heavy atom. The van der Waals surface area contributed by atoms with Gasteiger partial charge in [0.15, 0.2) is 0 Å². The van der Waals surface area contributed by atoms with Crippen LogP contribution in [0.5, 0.6) is 5.75 Å². The second kappa shape index (κ2) is 16.2. The molecule has 0 heterocycles. The average Bonchev–Trinajstić information content (AvgIpc) is 3.51. The third-order valence-electron chi connectivity index (χ3n) is 14.7. The smallest absolute Gasteiger partial charge is 0.430 e. The van der Waals surface area contributed by atoms with E-state index in [1.807, 2.05) is 0 Å². The Balaban J connectivity index is 1.23. The van der Waals surface area contributed by atoms with Gasteiger partial charge in [-0.3, -0.25) is 0 Å². The Morgan fingerprint density at radius 3 is 1.77 bits per heavy atom. The van der Waals surface area contributed by atoms with Crippen LogP contribution in [0.4, 0.5) is 79.4 Å². The van der Waals surface area contributed by atoms with E-state index in [1.165, 1.54) is 32.1 Å². The van der Waals surface area contributed by atoms with Crippen LogP contribution in [0.25, 0.3) is 0 Å². The van der Waals surface area contributed by atoms with Crippen LogP contribution < -0.4 is 4.74 Å². The second-order valence-electron chi connectivity index (χ2n) is 18.7. The van der Waals surface area contributed by atoms with Crippen molar-refractivity contribution in [2.45, 2.75) is 159 Å². The first-order valence-corrected chi connectivity index (χ1v) is 20.5. The Bertz CT molecular complexity index is 1810. The molecule has 3 saturated carbocycles.